The summed E-state index contributed by atoms with van der Waals surface area (Å²) in [4.78, 5) is 0. The Kier molecular flexibility index (Phi) is 4.95. The highest BCUT2D eigenvalue weighted by atomic mass is 16.5. The molecule has 21 heavy (non-hydrogen) atoms. The van der Waals surface area contributed by atoms with Crippen molar-refractivity contribution in [2.75, 3.05) is 13.7 Å². The van der Waals surface area contributed by atoms with E-state index in [-0.39, 0.29) is 0 Å². The van der Waals surface area contributed by atoms with Gasteiger partial charge in [-0.15, -0.1) is 0 Å². The highest BCUT2D eigenvalue weighted by Gasteiger charge is 2.44. The third kappa shape index (κ3) is 3.58. The number of benzene rings is 1. The van der Waals surface area contributed by atoms with E-state index in [1.807, 2.05) is 31.2 Å². The summed E-state index contributed by atoms with van der Waals surface area (Å²) in [5, 5.41) is 10.9. The van der Waals surface area contributed by atoms with Crippen LogP contribution in [0.15, 0.2) is 24.3 Å². The Morgan fingerprint density at radius 3 is 2.43 bits per heavy atom. The number of rotatable bonds is 5. The highest BCUT2D eigenvalue weighted by molar-refractivity contribution is 5.31. The quantitative estimate of drug-likeness (QED) is 0.888. The first-order chi connectivity index (χ1) is 9.92. The number of hydrogen-bond donors (Lipinski definition) is 1. The van der Waals surface area contributed by atoms with Gasteiger partial charge in [0.15, 0.2) is 0 Å². The molecule has 0 bridgehead atoms. The van der Waals surface area contributed by atoms with E-state index in [0.29, 0.717) is 12.0 Å². The molecule has 1 atom stereocenters. The van der Waals surface area contributed by atoms with E-state index < -0.39 is 11.7 Å². The van der Waals surface area contributed by atoms with Crippen LogP contribution in [-0.4, -0.2) is 24.4 Å². The van der Waals surface area contributed by atoms with Gasteiger partial charge in [0.1, 0.15) is 11.9 Å². The molecule has 0 amide bonds. The Bertz CT molecular complexity index is 457. The summed E-state index contributed by atoms with van der Waals surface area (Å²) in [6, 6.07) is 7.73. The lowest BCUT2D eigenvalue weighted by atomic mass is 9.68. The van der Waals surface area contributed by atoms with Crippen LogP contribution in [0, 0.1) is 5.41 Å². The number of ether oxygens (including phenoxy) is 2. The normalized spacial score (nSPS) is 21.8. The standard InChI is InChI=1S/C18H28O3/c1-5-21-15-8-6-7-14(13-15)16(19)18(20-4)11-9-17(2,3)10-12-18/h6-8,13,16,19H,5,9-12H2,1-4H3. The fraction of sp³-hybridized carbons (Fsp3) is 0.667. The topological polar surface area (TPSA) is 38.7 Å². The van der Waals surface area contributed by atoms with Crippen LogP contribution in [0.4, 0.5) is 0 Å². The number of aliphatic hydroxyl groups is 1. The second kappa shape index (κ2) is 6.37. The molecule has 1 aromatic rings. The summed E-state index contributed by atoms with van der Waals surface area (Å²) < 4.78 is 11.3. The zero-order valence-electron chi connectivity index (χ0n) is 13.7. The molecule has 3 heteroatoms. The minimum atomic E-state index is -0.612. The first-order valence-corrected chi connectivity index (χ1v) is 7.88. The van der Waals surface area contributed by atoms with Crippen molar-refractivity contribution < 1.29 is 14.6 Å². The molecular formula is C18H28O3. The Morgan fingerprint density at radius 2 is 1.86 bits per heavy atom. The molecule has 118 valence electrons. The zero-order chi connectivity index (χ0) is 15.5. The summed E-state index contributed by atoms with van der Waals surface area (Å²) in [7, 11) is 1.72. The maximum absolute atomic E-state index is 10.9. The van der Waals surface area contributed by atoms with Gasteiger partial charge in [-0.05, 0) is 55.7 Å². The van der Waals surface area contributed by atoms with Gasteiger partial charge in [0.25, 0.3) is 0 Å². The summed E-state index contributed by atoms with van der Waals surface area (Å²) in [5.41, 5.74) is 0.748. The molecule has 2 rings (SSSR count). The molecule has 3 nitrogen and oxygen atoms in total. The lowest BCUT2D eigenvalue weighted by Gasteiger charge is -2.45. The van der Waals surface area contributed by atoms with Gasteiger partial charge in [-0.2, -0.15) is 0 Å². The molecule has 1 aromatic carbocycles. The third-order valence-corrected chi connectivity index (χ3v) is 4.84. The lowest BCUT2D eigenvalue weighted by Crippen LogP contribution is -2.43. The van der Waals surface area contributed by atoms with Gasteiger partial charge in [0.2, 0.25) is 0 Å². The van der Waals surface area contributed by atoms with Gasteiger partial charge >= 0.3 is 0 Å². The molecule has 1 fully saturated rings. The Balaban J connectivity index is 2.20. The average Bonchev–Trinajstić information content (AvgIpc) is 2.48. The Morgan fingerprint density at radius 1 is 1.19 bits per heavy atom. The molecular weight excluding hydrogens is 264 g/mol. The van der Waals surface area contributed by atoms with Crippen molar-refractivity contribution in [1.82, 2.24) is 0 Å². The Hall–Kier alpha value is -1.06. The van der Waals surface area contributed by atoms with Gasteiger partial charge in [-0.1, -0.05) is 26.0 Å². The van der Waals surface area contributed by atoms with Crippen LogP contribution in [0.2, 0.25) is 0 Å². The lowest BCUT2D eigenvalue weighted by molar-refractivity contribution is -0.138. The molecule has 0 spiro atoms. The van der Waals surface area contributed by atoms with E-state index in [0.717, 1.165) is 37.0 Å². The molecule has 1 unspecified atom stereocenters. The molecule has 1 aliphatic carbocycles. The zero-order valence-corrected chi connectivity index (χ0v) is 13.7. The third-order valence-electron chi connectivity index (χ3n) is 4.84. The molecule has 0 heterocycles. The predicted octanol–water partition coefficient (Wildman–Crippen LogP) is 4.10. The van der Waals surface area contributed by atoms with Gasteiger partial charge in [0.05, 0.1) is 12.2 Å². The molecule has 1 aliphatic rings. The molecule has 0 saturated heterocycles. The van der Waals surface area contributed by atoms with Crippen LogP contribution in [-0.2, 0) is 4.74 Å². The molecule has 1 saturated carbocycles. The Labute approximate surface area is 128 Å². The minimum Gasteiger partial charge on any atom is -0.494 e. The number of methoxy groups -OCH3 is 1. The van der Waals surface area contributed by atoms with Crippen LogP contribution >= 0.6 is 0 Å². The summed E-state index contributed by atoms with van der Waals surface area (Å²) in [6.07, 6.45) is 3.30. The number of hydrogen-bond acceptors (Lipinski definition) is 3. The van der Waals surface area contributed by atoms with Crippen molar-refractivity contribution >= 4 is 0 Å². The number of aliphatic hydroxyl groups excluding tert-OH is 1. The predicted molar refractivity (Wildman–Crippen MR) is 84.6 cm³/mol. The summed E-state index contributed by atoms with van der Waals surface area (Å²) in [6.45, 7) is 7.16. The fourth-order valence-corrected chi connectivity index (χ4v) is 3.18. The van der Waals surface area contributed by atoms with Crippen molar-refractivity contribution in [3.05, 3.63) is 29.8 Å². The minimum absolute atomic E-state index is 0.342. The van der Waals surface area contributed by atoms with Gasteiger partial charge in [-0.3, -0.25) is 0 Å². The second-order valence-corrected chi connectivity index (χ2v) is 6.84. The fourth-order valence-electron chi connectivity index (χ4n) is 3.18. The summed E-state index contributed by atoms with van der Waals surface area (Å²) >= 11 is 0. The molecule has 0 aromatic heterocycles. The maximum atomic E-state index is 10.9. The van der Waals surface area contributed by atoms with Crippen LogP contribution in [0.5, 0.6) is 5.75 Å². The van der Waals surface area contributed by atoms with Crippen LogP contribution in [0.3, 0.4) is 0 Å². The van der Waals surface area contributed by atoms with E-state index in [2.05, 4.69) is 13.8 Å². The van der Waals surface area contributed by atoms with Crippen molar-refractivity contribution in [2.24, 2.45) is 5.41 Å². The van der Waals surface area contributed by atoms with Crippen LogP contribution in [0.1, 0.15) is 58.1 Å². The van der Waals surface area contributed by atoms with E-state index in [4.69, 9.17) is 9.47 Å². The first kappa shape index (κ1) is 16.3. The van der Waals surface area contributed by atoms with Crippen LogP contribution in [0.25, 0.3) is 0 Å². The van der Waals surface area contributed by atoms with Crippen molar-refractivity contribution in [3.8, 4) is 5.75 Å². The SMILES string of the molecule is CCOc1cccc(C(O)C2(OC)CCC(C)(C)CC2)c1. The van der Waals surface area contributed by atoms with E-state index in [1.54, 1.807) is 7.11 Å². The maximum Gasteiger partial charge on any atom is 0.119 e. The van der Waals surface area contributed by atoms with Crippen molar-refractivity contribution in [3.63, 3.8) is 0 Å². The average molecular weight is 292 g/mol. The van der Waals surface area contributed by atoms with E-state index >= 15 is 0 Å². The van der Waals surface area contributed by atoms with Gasteiger partial charge in [-0.25, -0.2) is 0 Å². The largest absolute Gasteiger partial charge is 0.494 e. The first-order valence-electron chi connectivity index (χ1n) is 7.88. The monoisotopic (exact) mass is 292 g/mol. The summed E-state index contributed by atoms with van der Waals surface area (Å²) in [5.74, 6) is 0.802. The van der Waals surface area contributed by atoms with Gasteiger partial charge < -0.3 is 14.6 Å². The molecule has 0 aliphatic heterocycles. The molecule has 1 N–H and O–H groups in total. The van der Waals surface area contributed by atoms with Gasteiger partial charge in [0, 0.05) is 7.11 Å². The van der Waals surface area contributed by atoms with E-state index in [9.17, 15) is 5.11 Å². The highest BCUT2D eigenvalue weighted by Crippen LogP contribution is 2.47. The van der Waals surface area contributed by atoms with E-state index in [1.165, 1.54) is 0 Å². The molecule has 0 radical (unpaired) electrons. The smallest absolute Gasteiger partial charge is 0.119 e. The van der Waals surface area contributed by atoms with Crippen molar-refractivity contribution in [2.45, 2.75) is 58.2 Å². The second-order valence-electron chi connectivity index (χ2n) is 6.84. The van der Waals surface area contributed by atoms with Crippen LogP contribution < -0.4 is 4.74 Å². The van der Waals surface area contributed by atoms with Crippen molar-refractivity contribution in [1.29, 1.82) is 0 Å².